The third-order valence-corrected chi connectivity index (χ3v) is 2.21. The number of amides is 1. The van der Waals surface area contributed by atoms with E-state index in [-0.39, 0.29) is 12.2 Å². The van der Waals surface area contributed by atoms with Crippen LogP contribution in [-0.4, -0.2) is 43.9 Å². The molecular weight excluding hydrogens is 170 g/mol. The topological polar surface area (TPSA) is 38.8 Å². The largest absolute Gasteiger partial charge is 0.453 e. The normalized spacial score (nSPS) is 22.9. The van der Waals surface area contributed by atoms with Gasteiger partial charge in [0.2, 0.25) is 0 Å². The number of carbonyl (C=O) groups is 1. The second kappa shape index (κ2) is 5.07. The molecule has 0 aromatic rings. The molecule has 13 heavy (non-hydrogen) atoms. The van der Waals surface area contributed by atoms with E-state index < -0.39 is 0 Å². The van der Waals surface area contributed by atoms with Crippen molar-refractivity contribution in [1.29, 1.82) is 0 Å². The zero-order valence-corrected chi connectivity index (χ0v) is 8.28. The maximum atomic E-state index is 11.2. The van der Waals surface area contributed by atoms with Gasteiger partial charge in [-0.05, 0) is 19.8 Å². The molecule has 0 radical (unpaired) electrons. The molecule has 0 N–H and O–H groups in total. The Morgan fingerprint density at radius 1 is 1.62 bits per heavy atom. The molecule has 0 aliphatic carbocycles. The van der Waals surface area contributed by atoms with Crippen molar-refractivity contribution < 1.29 is 14.3 Å². The van der Waals surface area contributed by atoms with Crippen LogP contribution in [0.3, 0.4) is 0 Å². The minimum absolute atomic E-state index is 0.192. The highest BCUT2D eigenvalue weighted by Crippen LogP contribution is 2.13. The molecule has 0 spiro atoms. The van der Waals surface area contributed by atoms with E-state index in [4.69, 9.17) is 4.74 Å². The van der Waals surface area contributed by atoms with E-state index in [0.717, 1.165) is 19.4 Å². The van der Waals surface area contributed by atoms with Gasteiger partial charge in [-0.3, -0.25) is 0 Å². The Morgan fingerprint density at radius 2 is 2.38 bits per heavy atom. The van der Waals surface area contributed by atoms with Crippen molar-refractivity contribution in [3.05, 3.63) is 0 Å². The number of piperidine rings is 1. The molecule has 0 bridgehead atoms. The Morgan fingerprint density at radius 3 is 3.00 bits per heavy atom. The van der Waals surface area contributed by atoms with E-state index in [1.54, 1.807) is 4.90 Å². The SMILES string of the molecule is CCOC1CCCN(C(=O)OC)C1. The van der Waals surface area contributed by atoms with E-state index in [2.05, 4.69) is 4.74 Å². The molecule has 0 saturated carbocycles. The number of hydrogen-bond acceptors (Lipinski definition) is 3. The highest BCUT2D eigenvalue weighted by molar-refractivity contribution is 5.67. The maximum absolute atomic E-state index is 11.2. The molecule has 76 valence electrons. The van der Waals surface area contributed by atoms with Crippen LogP contribution in [0.2, 0.25) is 0 Å². The summed E-state index contributed by atoms with van der Waals surface area (Å²) >= 11 is 0. The van der Waals surface area contributed by atoms with Crippen molar-refractivity contribution in [2.45, 2.75) is 25.9 Å². The van der Waals surface area contributed by atoms with Gasteiger partial charge in [-0.25, -0.2) is 4.79 Å². The quantitative estimate of drug-likeness (QED) is 0.653. The third-order valence-electron chi connectivity index (χ3n) is 2.21. The third kappa shape index (κ3) is 2.88. The van der Waals surface area contributed by atoms with E-state index in [0.29, 0.717) is 13.2 Å². The van der Waals surface area contributed by atoms with Crippen molar-refractivity contribution in [3.63, 3.8) is 0 Å². The summed E-state index contributed by atoms with van der Waals surface area (Å²) < 4.78 is 10.1. The van der Waals surface area contributed by atoms with Crippen LogP contribution >= 0.6 is 0 Å². The lowest BCUT2D eigenvalue weighted by Crippen LogP contribution is -2.43. The van der Waals surface area contributed by atoms with E-state index in [9.17, 15) is 4.79 Å². The Kier molecular flexibility index (Phi) is 4.02. The van der Waals surface area contributed by atoms with Gasteiger partial charge in [0.05, 0.1) is 19.8 Å². The molecule has 1 rings (SSSR count). The monoisotopic (exact) mass is 187 g/mol. The van der Waals surface area contributed by atoms with Gasteiger partial charge in [-0.1, -0.05) is 0 Å². The Labute approximate surface area is 78.8 Å². The van der Waals surface area contributed by atoms with Crippen molar-refractivity contribution >= 4 is 6.09 Å². The number of likely N-dealkylation sites (tertiary alicyclic amines) is 1. The zero-order chi connectivity index (χ0) is 9.68. The number of nitrogens with zero attached hydrogens (tertiary/aromatic N) is 1. The van der Waals surface area contributed by atoms with Gasteiger partial charge in [-0.2, -0.15) is 0 Å². The Balaban J connectivity index is 2.37. The van der Waals surface area contributed by atoms with Crippen LogP contribution in [-0.2, 0) is 9.47 Å². The molecule has 0 aromatic carbocycles. The molecule has 1 unspecified atom stereocenters. The zero-order valence-electron chi connectivity index (χ0n) is 8.28. The number of carbonyl (C=O) groups excluding carboxylic acids is 1. The van der Waals surface area contributed by atoms with Gasteiger partial charge in [0.1, 0.15) is 0 Å². The fourth-order valence-electron chi connectivity index (χ4n) is 1.60. The predicted molar refractivity (Wildman–Crippen MR) is 48.6 cm³/mol. The minimum atomic E-state index is -0.246. The molecular formula is C9H17NO3. The van der Waals surface area contributed by atoms with Gasteiger partial charge in [0.25, 0.3) is 0 Å². The van der Waals surface area contributed by atoms with Crippen LogP contribution in [0.5, 0.6) is 0 Å². The van der Waals surface area contributed by atoms with E-state index in [1.165, 1.54) is 7.11 Å². The van der Waals surface area contributed by atoms with E-state index in [1.807, 2.05) is 6.92 Å². The van der Waals surface area contributed by atoms with Gasteiger partial charge in [0, 0.05) is 13.2 Å². The molecule has 1 aliphatic rings. The highest BCUT2D eigenvalue weighted by atomic mass is 16.5. The molecule has 1 saturated heterocycles. The first-order chi connectivity index (χ1) is 6.27. The average Bonchev–Trinajstić information content (AvgIpc) is 2.18. The van der Waals surface area contributed by atoms with Crippen LogP contribution in [0.25, 0.3) is 0 Å². The van der Waals surface area contributed by atoms with Crippen LogP contribution in [0, 0.1) is 0 Å². The lowest BCUT2D eigenvalue weighted by atomic mass is 10.1. The fraction of sp³-hybridized carbons (Fsp3) is 0.889. The molecule has 1 heterocycles. The number of hydrogen-bond donors (Lipinski definition) is 0. The summed E-state index contributed by atoms with van der Waals surface area (Å²) in [4.78, 5) is 12.9. The van der Waals surface area contributed by atoms with Gasteiger partial charge >= 0.3 is 6.09 Å². The molecule has 0 aromatic heterocycles. The van der Waals surface area contributed by atoms with Crippen molar-refractivity contribution in [1.82, 2.24) is 4.90 Å². The first-order valence-corrected chi connectivity index (χ1v) is 4.72. The van der Waals surface area contributed by atoms with Crippen LogP contribution in [0.15, 0.2) is 0 Å². The summed E-state index contributed by atoms with van der Waals surface area (Å²) in [6, 6.07) is 0. The molecule has 4 heteroatoms. The number of rotatable bonds is 2. The average molecular weight is 187 g/mol. The number of methoxy groups -OCH3 is 1. The Bertz CT molecular complexity index is 170. The lowest BCUT2D eigenvalue weighted by molar-refractivity contribution is 0.00645. The first kappa shape index (κ1) is 10.3. The van der Waals surface area contributed by atoms with Crippen LogP contribution in [0.4, 0.5) is 4.79 Å². The van der Waals surface area contributed by atoms with Gasteiger partial charge < -0.3 is 14.4 Å². The highest BCUT2D eigenvalue weighted by Gasteiger charge is 2.23. The second-order valence-corrected chi connectivity index (χ2v) is 3.14. The maximum Gasteiger partial charge on any atom is 0.409 e. The molecule has 1 aliphatic heterocycles. The summed E-state index contributed by atoms with van der Waals surface area (Å²) in [6.45, 7) is 4.13. The fourth-order valence-corrected chi connectivity index (χ4v) is 1.60. The Hall–Kier alpha value is -0.770. The van der Waals surface area contributed by atoms with E-state index >= 15 is 0 Å². The summed E-state index contributed by atoms with van der Waals surface area (Å²) in [5, 5.41) is 0. The van der Waals surface area contributed by atoms with Gasteiger partial charge in [0.15, 0.2) is 0 Å². The summed E-state index contributed by atoms with van der Waals surface area (Å²) in [7, 11) is 1.41. The molecule has 1 atom stereocenters. The summed E-state index contributed by atoms with van der Waals surface area (Å²) in [5.41, 5.74) is 0. The van der Waals surface area contributed by atoms with Crippen molar-refractivity contribution in [2.24, 2.45) is 0 Å². The summed E-state index contributed by atoms with van der Waals surface area (Å²) in [6.07, 6.45) is 1.99. The van der Waals surface area contributed by atoms with Crippen molar-refractivity contribution in [3.8, 4) is 0 Å². The second-order valence-electron chi connectivity index (χ2n) is 3.14. The predicted octanol–water partition coefficient (Wildman–Crippen LogP) is 1.25. The molecule has 1 amide bonds. The van der Waals surface area contributed by atoms with Gasteiger partial charge in [-0.15, -0.1) is 0 Å². The molecule has 4 nitrogen and oxygen atoms in total. The molecule has 1 fully saturated rings. The summed E-state index contributed by atoms with van der Waals surface area (Å²) in [5.74, 6) is 0. The standard InChI is InChI=1S/C9H17NO3/c1-3-13-8-5-4-6-10(7-8)9(11)12-2/h8H,3-7H2,1-2H3. The first-order valence-electron chi connectivity index (χ1n) is 4.72. The van der Waals surface area contributed by atoms with Crippen molar-refractivity contribution in [2.75, 3.05) is 26.8 Å². The number of ether oxygens (including phenoxy) is 2. The smallest absolute Gasteiger partial charge is 0.409 e. The minimum Gasteiger partial charge on any atom is -0.453 e. The van der Waals surface area contributed by atoms with Crippen LogP contribution < -0.4 is 0 Å². The van der Waals surface area contributed by atoms with Crippen LogP contribution in [0.1, 0.15) is 19.8 Å². The lowest BCUT2D eigenvalue weighted by Gasteiger charge is -2.31.